The third kappa shape index (κ3) is 8.25. The Bertz CT molecular complexity index is 1790. The second-order valence-electron chi connectivity index (χ2n) is 11.4. The van der Waals surface area contributed by atoms with Crippen LogP contribution in [0.3, 0.4) is 0 Å². The summed E-state index contributed by atoms with van der Waals surface area (Å²) < 4.78 is 28.8. The number of hydrogen-bond donors (Lipinski definition) is 3. The van der Waals surface area contributed by atoms with E-state index in [9.17, 15) is 33.2 Å². The Morgan fingerprint density at radius 3 is 2.38 bits per heavy atom. The predicted octanol–water partition coefficient (Wildman–Crippen LogP) is 5.13. The number of aromatic nitrogens is 1. The standard InChI is InChI=1S/C32H31Cl2N5O6S2/c33-25-16-36-17-26(34)29(25)31(41)37-21-10-8-19(9-11-21)13-27(32(42)43)38-30(40)28-14-23(46-22-5-1-2-6-22)18-39(28)47(44,45)24-7-3-4-20(12-24)15-35/h3-4,7-12,16-17,22-23,27-28H,1-2,5-6,13-14,18H2,(H,37,41)(H,38,40)(H,42,43)/t23-,27-,28-/m0/s1. The van der Waals surface area contributed by atoms with Gasteiger partial charge in [-0.05, 0) is 55.2 Å². The van der Waals surface area contributed by atoms with Gasteiger partial charge in [0.15, 0.2) is 0 Å². The fourth-order valence-electron chi connectivity index (χ4n) is 5.78. The topological polar surface area (TPSA) is 170 Å². The van der Waals surface area contributed by atoms with E-state index in [0.717, 1.165) is 30.0 Å². The summed E-state index contributed by atoms with van der Waals surface area (Å²) in [6.45, 7) is 0.0964. The number of sulfonamides is 1. The van der Waals surface area contributed by atoms with Crippen LogP contribution < -0.4 is 10.6 Å². The molecule has 2 amide bonds. The molecule has 11 nitrogen and oxygen atoms in total. The van der Waals surface area contributed by atoms with Crippen molar-refractivity contribution in [2.24, 2.45) is 0 Å². The minimum Gasteiger partial charge on any atom is -0.480 e. The highest BCUT2D eigenvalue weighted by Gasteiger charge is 2.45. The molecule has 3 aromatic rings. The quantitative estimate of drug-likeness (QED) is 0.244. The maximum absolute atomic E-state index is 13.8. The number of rotatable bonds is 11. The summed E-state index contributed by atoms with van der Waals surface area (Å²) >= 11 is 13.8. The Morgan fingerprint density at radius 1 is 1.06 bits per heavy atom. The molecule has 1 saturated carbocycles. The molecule has 2 fully saturated rings. The van der Waals surface area contributed by atoms with Crippen LogP contribution in [0.5, 0.6) is 0 Å². The maximum atomic E-state index is 13.8. The van der Waals surface area contributed by atoms with E-state index < -0.39 is 39.9 Å². The van der Waals surface area contributed by atoms with E-state index >= 15 is 0 Å². The molecule has 2 aromatic carbocycles. The monoisotopic (exact) mass is 715 g/mol. The van der Waals surface area contributed by atoms with E-state index in [1.54, 1.807) is 36.0 Å². The second kappa shape index (κ2) is 15.0. The van der Waals surface area contributed by atoms with Crippen LogP contribution in [-0.4, -0.2) is 69.7 Å². The van der Waals surface area contributed by atoms with E-state index in [-0.39, 0.29) is 50.7 Å². The van der Waals surface area contributed by atoms with E-state index in [0.29, 0.717) is 16.5 Å². The first-order valence-corrected chi connectivity index (χ1v) is 18.0. The summed E-state index contributed by atoms with van der Waals surface area (Å²) in [5.41, 5.74) is 1.18. The van der Waals surface area contributed by atoms with Gasteiger partial charge in [-0.2, -0.15) is 21.3 Å². The fraction of sp³-hybridized carbons (Fsp3) is 0.344. The first-order valence-electron chi connectivity index (χ1n) is 14.9. The largest absolute Gasteiger partial charge is 0.480 e. The van der Waals surface area contributed by atoms with Gasteiger partial charge in [0.2, 0.25) is 15.9 Å². The van der Waals surface area contributed by atoms with Crippen molar-refractivity contribution in [3.05, 3.63) is 87.7 Å². The van der Waals surface area contributed by atoms with Gasteiger partial charge in [0.05, 0.1) is 32.1 Å². The Balaban J connectivity index is 1.30. The second-order valence-corrected chi connectivity index (χ2v) is 15.7. The van der Waals surface area contributed by atoms with Crippen molar-refractivity contribution in [2.75, 3.05) is 11.9 Å². The highest BCUT2D eigenvalue weighted by Crippen LogP contribution is 2.39. The summed E-state index contributed by atoms with van der Waals surface area (Å²) in [5.74, 6) is -2.55. The zero-order chi connectivity index (χ0) is 33.7. The lowest BCUT2D eigenvalue weighted by molar-refractivity contribution is -0.142. The molecule has 0 spiro atoms. The Morgan fingerprint density at radius 2 is 1.74 bits per heavy atom. The molecule has 1 aromatic heterocycles. The first kappa shape index (κ1) is 34.7. The molecule has 15 heteroatoms. The fourth-order valence-corrected chi connectivity index (χ4v) is 9.79. The molecule has 246 valence electrons. The van der Waals surface area contributed by atoms with Crippen LogP contribution in [0.15, 0.2) is 65.8 Å². The van der Waals surface area contributed by atoms with Gasteiger partial charge < -0.3 is 15.7 Å². The number of aliphatic carboxylic acids is 1. The van der Waals surface area contributed by atoms with Crippen LogP contribution in [0, 0.1) is 11.3 Å². The summed E-state index contributed by atoms with van der Waals surface area (Å²) in [7, 11) is -4.18. The molecule has 2 heterocycles. The average Bonchev–Trinajstić information content (AvgIpc) is 3.72. The zero-order valence-corrected chi connectivity index (χ0v) is 28.1. The molecule has 2 aliphatic rings. The van der Waals surface area contributed by atoms with Gasteiger partial charge in [0, 0.05) is 41.5 Å². The highest BCUT2D eigenvalue weighted by atomic mass is 35.5. The van der Waals surface area contributed by atoms with E-state index in [1.165, 1.54) is 36.7 Å². The summed E-state index contributed by atoms with van der Waals surface area (Å²) in [4.78, 5) is 42.4. The zero-order valence-electron chi connectivity index (χ0n) is 24.9. The van der Waals surface area contributed by atoms with Gasteiger partial charge in [-0.25, -0.2) is 13.2 Å². The lowest BCUT2D eigenvalue weighted by Gasteiger charge is -2.25. The van der Waals surface area contributed by atoms with Crippen LogP contribution in [0.25, 0.3) is 0 Å². The van der Waals surface area contributed by atoms with Crippen molar-refractivity contribution in [2.45, 2.75) is 66.0 Å². The molecule has 0 radical (unpaired) electrons. The van der Waals surface area contributed by atoms with E-state index in [4.69, 9.17) is 23.2 Å². The molecule has 0 bridgehead atoms. The Hall–Kier alpha value is -3.67. The lowest BCUT2D eigenvalue weighted by Crippen LogP contribution is -2.51. The van der Waals surface area contributed by atoms with Crippen molar-refractivity contribution in [1.82, 2.24) is 14.6 Å². The number of carbonyl (C=O) groups excluding carboxylic acids is 2. The predicted molar refractivity (Wildman–Crippen MR) is 179 cm³/mol. The average molecular weight is 717 g/mol. The van der Waals surface area contributed by atoms with Crippen molar-refractivity contribution < 1.29 is 27.9 Å². The molecular formula is C32H31Cl2N5O6S2. The molecule has 47 heavy (non-hydrogen) atoms. The highest BCUT2D eigenvalue weighted by molar-refractivity contribution is 8.00. The number of carboxylic acid groups (broad SMARTS) is 1. The number of pyridine rings is 1. The van der Waals surface area contributed by atoms with Crippen LogP contribution >= 0.6 is 35.0 Å². The van der Waals surface area contributed by atoms with Gasteiger partial charge in [0.1, 0.15) is 12.1 Å². The van der Waals surface area contributed by atoms with Crippen molar-refractivity contribution >= 4 is 68.5 Å². The summed E-state index contributed by atoms with van der Waals surface area (Å²) in [6.07, 6.45) is 7.02. The number of amides is 2. The maximum Gasteiger partial charge on any atom is 0.326 e. The van der Waals surface area contributed by atoms with Gasteiger partial charge in [-0.1, -0.05) is 54.2 Å². The number of hydrogen-bond acceptors (Lipinski definition) is 8. The van der Waals surface area contributed by atoms with Crippen LogP contribution in [0.1, 0.15) is 53.6 Å². The van der Waals surface area contributed by atoms with Crippen LogP contribution in [-0.2, 0) is 26.0 Å². The number of halogens is 2. The molecular weight excluding hydrogens is 685 g/mol. The van der Waals surface area contributed by atoms with Gasteiger partial charge in [-0.3, -0.25) is 14.6 Å². The molecule has 5 rings (SSSR count). The molecule has 1 saturated heterocycles. The van der Waals surface area contributed by atoms with E-state index in [1.807, 2.05) is 6.07 Å². The minimum absolute atomic E-state index is 0.0608. The van der Waals surface area contributed by atoms with Crippen molar-refractivity contribution in [3.63, 3.8) is 0 Å². The SMILES string of the molecule is N#Cc1cccc(S(=O)(=O)N2C[C@@H](SC3CCCC3)C[C@H]2C(=O)N[C@@H](Cc2ccc(NC(=O)c3c(Cl)cncc3Cl)cc2)C(=O)O)c1. The number of carboxylic acids is 1. The van der Waals surface area contributed by atoms with Gasteiger partial charge in [-0.15, -0.1) is 0 Å². The normalized spacial score (nSPS) is 19.2. The minimum atomic E-state index is -4.18. The summed E-state index contributed by atoms with van der Waals surface area (Å²) in [6, 6.07) is 11.4. The Labute approximate surface area is 286 Å². The van der Waals surface area contributed by atoms with Crippen molar-refractivity contribution in [3.8, 4) is 6.07 Å². The number of anilines is 1. The number of carbonyl (C=O) groups is 3. The van der Waals surface area contributed by atoms with Gasteiger partial charge >= 0.3 is 5.97 Å². The number of nitrogens with zero attached hydrogens (tertiary/aromatic N) is 3. The van der Waals surface area contributed by atoms with E-state index in [2.05, 4.69) is 15.6 Å². The number of benzene rings is 2. The third-order valence-corrected chi connectivity index (χ3v) is 12.2. The smallest absolute Gasteiger partial charge is 0.326 e. The first-order chi connectivity index (χ1) is 22.5. The molecule has 3 atom stereocenters. The summed E-state index contributed by atoms with van der Waals surface area (Å²) in [5, 5.41) is 25.0. The third-order valence-electron chi connectivity index (χ3n) is 8.12. The Kier molecular flexibility index (Phi) is 11.1. The number of thioether (sulfide) groups is 1. The molecule has 1 aliphatic heterocycles. The molecule has 3 N–H and O–H groups in total. The number of nitriles is 1. The van der Waals surface area contributed by atoms with Crippen LogP contribution in [0.2, 0.25) is 10.0 Å². The lowest BCUT2D eigenvalue weighted by atomic mass is 10.0. The molecule has 1 aliphatic carbocycles. The van der Waals surface area contributed by atoms with Crippen molar-refractivity contribution in [1.29, 1.82) is 5.26 Å². The number of nitrogens with one attached hydrogen (secondary N) is 2. The van der Waals surface area contributed by atoms with Crippen LogP contribution in [0.4, 0.5) is 5.69 Å². The molecule has 0 unspecified atom stereocenters. The van der Waals surface area contributed by atoms with Gasteiger partial charge in [0.25, 0.3) is 5.91 Å².